The summed E-state index contributed by atoms with van der Waals surface area (Å²) in [5.74, 6) is 0.574. The van der Waals surface area contributed by atoms with E-state index < -0.39 is 0 Å². The van der Waals surface area contributed by atoms with Gasteiger partial charge < -0.3 is 10.3 Å². The van der Waals surface area contributed by atoms with Gasteiger partial charge in [-0.3, -0.25) is 4.98 Å². The second kappa shape index (κ2) is 3.77. The molecule has 0 aromatic carbocycles. The number of aromatic nitrogens is 3. The molecule has 0 fully saturated rings. The van der Waals surface area contributed by atoms with Crippen molar-refractivity contribution < 1.29 is 0 Å². The van der Waals surface area contributed by atoms with Crippen LogP contribution in [0.25, 0.3) is 11.0 Å². The van der Waals surface area contributed by atoms with Crippen molar-refractivity contribution in [3.05, 3.63) is 18.5 Å². The number of hydrogen-bond acceptors (Lipinski definition) is 3. The van der Waals surface area contributed by atoms with E-state index in [0.717, 1.165) is 24.0 Å². The van der Waals surface area contributed by atoms with E-state index in [0.29, 0.717) is 5.95 Å². The summed E-state index contributed by atoms with van der Waals surface area (Å²) in [5.41, 5.74) is 8.10. The van der Waals surface area contributed by atoms with Gasteiger partial charge >= 0.3 is 0 Å². The van der Waals surface area contributed by atoms with Crippen LogP contribution in [0.4, 0.5) is 5.95 Å². The highest BCUT2D eigenvalue weighted by Crippen LogP contribution is 2.26. The van der Waals surface area contributed by atoms with Gasteiger partial charge in [0.05, 0.1) is 11.7 Å². The lowest BCUT2D eigenvalue weighted by atomic mass is 9.90. The smallest absolute Gasteiger partial charge is 0.201 e. The number of nitrogens with two attached hydrogens (primary N) is 1. The molecule has 4 heteroatoms. The van der Waals surface area contributed by atoms with Gasteiger partial charge in [-0.2, -0.15) is 0 Å². The zero-order valence-electron chi connectivity index (χ0n) is 10.1. The molecule has 2 aromatic heterocycles. The minimum absolute atomic E-state index is 0.227. The van der Waals surface area contributed by atoms with Crippen LogP contribution in [0.15, 0.2) is 18.5 Å². The predicted octanol–water partition coefficient (Wildman–Crippen LogP) is 2.45. The molecule has 4 nitrogen and oxygen atoms in total. The van der Waals surface area contributed by atoms with E-state index in [9.17, 15) is 0 Å². The summed E-state index contributed by atoms with van der Waals surface area (Å²) >= 11 is 0. The highest BCUT2D eigenvalue weighted by atomic mass is 15.2. The van der Waals surface area contributed by atoms with E-state index in [1.54, 1.807) is 12.4 Å². The Balaban J connectivity index is 2.47. The minimum Gasteiger partial charge on any atom is -0.369 e. The van der Waals surface area contributed by atoms with Gasteiger partial charge in [0.2, 0.25) is 5.95 Å². The molecule has 0 bridgehead atoms. The number of hydrogen-bond donors (Lipinski definition) is 1. The molecule has 0 spiro atoms. The highest BCUT2D eigenvalue weighted by Gasteiger charge is 2.19. The van der Waals surface area contributed by atoms with Crippen LogP contribution in [-0.2, 0) is 6.54 Å². The van der Waals surface area contributed by atoms with E-state index >= 15 is 0 Å². The average Bonchev–Trinajstić information content (AvgIpc) is 2.56. The summed E-state index contributed by atoms with van der Waals surface area (Å²) < 4.78 is 2.07. The number of pyridine rings is 1. The third-order valence-corrected chi connectivity index (χ3v) is 3.12. The molecule has 0 saturated heterocycles. The first kappa shape index (κ1) is 10.9. The maximum atomic E-state index is 5.94. The fourth-order valence-electron chi connectivity index (χ4n) is 1.71. The van der Waals surface area contributed by atoms with Gasteiger partial charge in [-0.1, -0.05) is 20.8 Å². The van der Waals surface area contributed by atoms with Gasteiger partial charge in [-0.15, -0.1) is 0 Å². The molecule has 2 N–H and O–H groups in total. The molecule has 0 aliphatic rings. The molecule has 0 radical (unpaired) electrons. The monoisotopic (exact) mass is 218 g/mol. The molecule has 2 aromatic rings. The minimum atomic E-state index is 0.227. The average molecular weight is 218 g/mol. The molecular weight excluding hydrogens is 200 g/mol. The van der Waals surface area contributed by atoms with E-state index in [2.05, 4.69) is 35.3 Å². The number of fused-ring (bicyclic) bond motifs is 1. The van der Waals surface area contributed by atoms with Gasteiger partial charge in [0.15, 0.2) is 0 Å². The molecule has 0 aliphatic heterocycles. The van der Waals surface area contributed by atoms with Crippen LogP contribution < -0.4 is 5.73 Å². The van der Waals surface area contributed by atoms with Crippen molar-refractivity contribution in [2.75, 3.05) is 5.73 Å². The van der Waals surface area contributed by atoms with E-state index in [-0.39, 0.29) is 5.41 Å². The number of nitrogen functional groups attached to an aromatic ring is 1. The molecule has 16 heavy (non-hydrogen) atoms. The Morgan fingerprint density at radius 1 is 1.44 bits per heavy atom. The third-order valence-electron chi connectivity index (χ3n) is 3.12. The zero-order chi connectivity index (χ0) is 11.8. The van der Waals surface area contributed by atoms with Crippen LogP contribution in [0.3, 0.4) is 0 Å². The van der Waals surface area contributed by atoms with Gasteiger partial charge in [-0.25, -0.2) is 4.98 Å². The van der Waals surface area contributed by atoms with Crippen molar-refractivity contribution >= 4 is 17.0 Å². The van der Waals surface area contributed by atoms with E-state index in [1.165, 1.54) is 0 Å². The van der Waals surface area contributed by atoms with Crippen LogP contribution >= 0.6 is 0 Å². The second-order valence-electron chi connectivity index (χ2n) is 4.94. The highest BCUT2D eigenvalue weighted by molar-refractivity contribution is 5.77. The van der Waals surface area contributed by atoms with E-state index in [1.807, 2.05) is 6.07 Å². The summed E-state index contributed by atoms with van der Waals surface area (Å²) in [4.78, 5) is 8.36. The maximum Gasteiger partial charge on any atom is 0.201 e. The van der Waals surface area contributed by atoms with Crippen molar-refractivity contribution in [2.45, 2.75) is 33.7 Å². The first-order valence-electron chi connectivity index (χ1n) is 5.59. The number of nitrogens with zero attached hydrogens (tertiary/aromatic N) is 3. The Labute approximate surface area is 95.5 Å². The van der Waals surface area contributed by atoms with Gasteiger partial charge in [0.1, 0.15) is 5.52 Å². The molecule has 2 rings (SSSR count). The van der Waals surface area contributed by atoms with Crippen LogP contribution in [0.2, 0.25) is 0 Å². The quantitative estimate of drug-likeness (QED) is 0.860. The largest absolute Gasteiger partial charge is 0.369 e. The van der Waals surface area contributed by atoms with E-state index in [4.69, 9.17) is 5.73 Å². The number of anilines is 1. The van der Waals surface area contributed by atoms with Crippen LogP contribution in [-0.4, -0.2) is 14.5 Å². The summed E-state index contributed by atoms with van der Waals surface area (Å²) in [6.07, 6.45) is 4.64. The maximum absolute atomic E-state index is 5.94. The molecule has 86 valence electrons. The molecule has 0 amide bonds. The third kappa shape index (κ3) is 1.87. The van der Waals surface area contributed by atoms with Crippen molar-refractivity contribution in [2.24, 2.45) is 5.41 Å². The second-order valence-corrected chi connectivity index (χ2v) is 4.94. The fraction of sp³-hybridized carbons (Fsp3) is 0.500. The van der Waals surface area contributed by atoms with Crippen LogP contribution in [0.5, 0.6) is 0 Å². The normalized spacial score (nSPS) is 12.2. The first-order valence-corrected chi connectivity index (χ1v) is 5.59. The lowest BCUT2D eigenvalue weighted by Crippen LogP contribution is -2.19. The lowest BCUT2D eigenvalue weighted by molar-refractivity contribution is 0.300. The molecule has 0 aliphatic carbocycles. The van der Waals surface area contributed by atoms with Gasteiger partial charge in [0.25, 0.3) is 0 Å². The predicted molar refractivity (Wildman–Crippen MR) is 66.0 cm³/mol. The topological polar surface area (TPSA) is 56.7 Å². The van der Waals surface area contributed by atoms with Crippen molar-refractivity contribution in [1.82, 2.24) is 14.5 Å². The SMILES string of the molecule is CCC(C)(C)Cn1c(N)nc2cnccc21. The van der Waals surface area contributed by atoms with Crippen molar-refractivity contribution in [1.29, 1.82) is 0 Å². The lowest BCUT2D eigenvalue weighted by Gasteiger charge is -2.24. The van der Waals surface area contributed by atoms with Crippen LogP contribution in [0.1, 0.15) is 27.2 Å². The zero-order valence-corrected chi connectivity index (χ0v) is 10.1. The standard InChI is InChI=1S/C12H18N4/c1-4-12(2,3)8-16-10-5-6-14-7-9(10)15-11(16)13/h5-7H,4,8H2,1-3H3,(H2,13,15). The Hall–Kier alpha value is -1.58. The summed E-state index contributed by atoms with van der Waals surface area (Å²) in [6.45, 7) is 7.55. The molecular formula is C12H18N4. The first-order chi connectivity index (χ1) is 7.53. The number of rotatable bonds is 3. The molecule has 0 atom stereocenters. The van der Waals surface area contributed by atoms with Crippen LogP contribution in [0, 0.1) is 5.41 Å². The molecule has 0 saturated carbocycles. The van der Waals surface area contributed by atoms with Crippen molar-refractivity contribution in [3.63, 3.8) is 0 Å². The molecule has 0 unspecified atom stereocenters. The Morgan fingerprint density at radius 2 is 2.19 bits per heavy atom. The summed E-state index contributed by atoms with van der Waals surface area (Å²) in [5, 5.41) is 0. The summed E-state index contributed by atoms with van der Waals surface area (Å²) in [7, 11) is 0. The van der Waals surface area contributed by atoms with Crippen molar-refractivity contribution in [3.8, 4) is 0 Å². The Morgan fingerprint density at radius 3 is 2.88 bits per heavy atom. The Kier molecular flexibility index (Phi) is 2.58. The fourth-order valence-corrected chi connectivity index (χ4v) is 1.71. The molecule has 2 heterocycles. The van der Waals surface area contributed by atoms with Gasteiger partial charge in [0, 0.05) is 12.7 Å². The Bertz CT molecular complexity index is 499. The van der Waals surface area contributed by atoms with Gasteiger partial charge in [-0.05, 0) is 17.9 Å². The number of imidazole rings is 1. The summed E-state index contributed by atoms with van der Waals surface area (Å²) in [6, 6.07) is 1.96.